The molecule has 1 amide bonds. The van der Waals surface area contributed by atoms with Crippen molar-refractivity contribution in [2.24, 2.45) is 0 Å². The zero-order valence-corrected chi connectivity index (χ0v) is 14.3. The van der Waals surface area contributed by atoms with E-state index in [1.54, 1.807) is 16.9 Å². The van der Waals surface area contributed by atoms with E-state index in [9.17, 15) is 4.79 Å². The van der Waals surface area contributed by atoms with E-state index in [-0.39, 0.29) is 12.5 Å². The minimum Gasteiger partial charge on any atom is -0.394 e. The Labute approximate surface area is 145 Å². The highest BCUT2D eigenvalue weighted by Gasteiger charge is 2.11. The summed E-state index contributed by atoms with van der Waals surface area (Å²) < 4.78 is 1.67. The Balaban J connectivity index is 1.73. The Morgan fingerprint density at radius 2 is 2.16 bits per heavy atom. The number of aromatic amines is 1. The first-order chi connectivity index (χ1) is 12.1. The summed E-state index contributed by atoms with van der Waals surface area (Å²) >= 11 is 0. The summed E-state index contributed by atoms with van der Waals surface area (Å²) in [6.45, 7) is 4.77. The molecule has 0 aliphatic carbocycles. The number of aliphatic hydroxyl groups excluding tert-OH is 1. The van der Waals surface area contributed by atoms with Crippen molar-refractivity contribution in [1.29, 1.82) is 0 Å². The second-order valence-corrected chi connectivity index (χ2v) is 5.89. The molecule has 3 N–H and O–H groups in total. The number of aliphatic hydroxyl groups is 1. The number of aryl methyl sites for hydroxylation is 2. The van der Waals surface area contributed by atoms with Crippen LogP contribution in [-0.4, -0.2) is 37.6 Å². The molecular formula is C18H21N5O2. The maximum atomic E-state index is 12.5. The minimum atomic E-state index is -0.135. The molecule has 130 valence electrons. The number of aromatic nitrogens is 4. The number of carbonyl (C=O) groups is 1. The predicted molar refractivity (Wildman–Crippen MR) is 94.0 cm³/mol. The van der Waals surface area contributed by atoms with E-state index in [2.05, 4.69) is 20.6 Å². The topological polar surface area (TPSA) is 95.8 Å². The molecule has 25 heavy (non-hydrogen) atoms. The van der Waals surface area contributed by atoms with E-state index in [1.165, 1.54) is 0 Å². The summed E-state index contributed by atoms with van der Waals surface area (Å²) in [5, 5.41) is 23.1. The van der Waals surface area contributed by atoms with Crippen LogP contribution in [0.5, 0.6) is 0 Å². The molecule has 0 radical (unpaired) electrons. The molecule has 3 rings (SSSR count). The molecular weight excluding hydrogens is 318 g/mol. The number of nitrogens with one attached hydrogen (secondary N) is 2. The highest BCUT2D eigenvalue weighted by Crippen LogP contribution is 2.20. The number of benzene rings is 1. The quantitative estimate of drug-likeness (QED) is 0.638. The molecule has 0 saturated carbocycles. The first-order valence-electron chi connectivity index (χ1n) is 8.11. The number of nitrogens with zero attached hydrogens (tertiary/aromatic N) is 3. The molecule has 3 aromatic rings. The van der Waals surface area contributed by atoms with Gasteiger partial charge in [0, 0.05) is 35.1 Å². The molecule has 0 atom stereocenters. The summed E-state index contributed by atoms with van der Waals surface area (Å²) in [4.78, 5) is 12.5. The van der Waals surface area contributed by atoms with E-state index in [0.29, 0.717) is 18.7 Å². The van der Waals surface area contributed by atoms with Gasteiger partial charge in [0.15, 0.2) is 0 Å². The predicted octanol–water partition coefficient (Wildman–Crippen LogP) is 1.81. The second kappa shape index (κ2) is 7.31. The number of rotatable bonds is 6. The fraction of sp³-hybridized carbons (Fsp3) is 0.278. The van der Waals surface area contributed by atoms with Crippen molar-refractivity contribution in [1.82, 2.24) is 25.3 Å². The zero-order chi connectivity index (χ0) is 17.8. The summed E-state index contributed by atoms with van der Waals surface area (Å²) in [5.74, 6) is -0.135. The molecule has 2 aromatic heterocycles. The number of carbonyl (C=O) groups excluding carboxylic acids is 1. The van der Waals surface area contributed by atoms with Gasteiger partial charge >= 0.3 is 0 Å². The largest absolute Gasteiger partial charge is 0.394 e. The Morgan fingerprint density at radius 1 is 1.32 bits per heavy atom. The molecule has 7 heteroatoms. The molecule has 0 aliphatic heterocycles. The van der Waals surface area contributed by atoms with Crippen molar-refractivity contribution in [3.8, 4) is 11.1 Å². The van der Waals surface area contributed by atoms with E-state index in [0.717, 1.165) is 28.1 Å². The van der Waals surface area contributed by atoms with Crippen LogP contribution >= 0.6 is 0 Å². The number of hydrogen-bond acceptors (Lipinski definition) is 4. The number of amides is 1. The normalized spacial score (nSPS) is 10.8. The average Bonchev–Trinajstić information content (AvgIpc) is 3.21. The number of H-pyrrole nitrogens is 1. The molecule has 0 spiro atoms. The number of hydrogen-bond donors (Lipinski definition) is 3. The van der Waals surface area contributed by atoms with Crippen molar-refractivity contribution in [3.05, 3.63) is 59.2 Å². The van der Waals surface area contributed by atoms with Gasteiger partial charge in [0.25, 0.3) is 5.91 Å². The molecule has 0 aliphatic rings. The summed E-state index contributed by atoms with van der Waals surface area (Å²) in [6.07, 6.45) is 3.58. The third-order valence-electron chi connectivity index (χ3n) is 4.13. The van der Waals surface area contributed by atoms with Crippen LogP contribution in [0.3, 0.4) is 0 Å². The SMILES string of the molecule is Cc1n[nH]c(C)c1CNC(=O)c1cccc(-c2cnn(CCO)c2)c1. The van der Waals surface area contributed by atoms with Crippen LogP contribution < -0.4 is 5.32 Å². The van der Waals surface area contributed by atoms with Gasteiger partial charge in [-0.15, -0.1) is 0 Å². The van der Waals surface area contributed by atoms with Crippen molar-refractivity contribution in [3.63, 3.8) is 0 Å². The van der Waals surface area contributed by atoms with Gasteiger partial charge in [0.1, 0.15) is 0 Å². The lowest BCUT2D eigenvalue weighted by molar-refractivity contribution is 0.0951. The summed E-state index contributed by atoms with van der Waals surface area (Å²) in [5.41, 5.74) is 5.27. The third-order valence-corrected chi connectivity index (χ3v) is 4.13. The first-order valence-corrected chi connectivity index (χ1v) is 8.11. The highest BCUT2D eigenvalue weighted by atomic mass is 16.3. The Kier molecular flexibility index (Phi) is 4.95. The van der Waals surface area contributed by atoms with E-state index in [4.69, 9.17) is 5.11 Å². The lowest BCUT2D eigenvalue weighted by Gasteiger charge is -2.07. The molecule has 0 fully saturated rings. The minimum absolute atomic E-state index is 0.0381. The molecule has 0 bridgehead atoms. The standard InChI is InChI=1S/C18H21N5O2/c1-12-17(13(2)22-21-12)10-19-18(25)15-5-3-4-14(8-15)16-9-20-23(11-16)6-7-24/h3-5,8-9,11,24H,6-7,10H2,1-2H3,(H,19,25)(H,21,22). The fourth-order valence-corrected chi connectivity index (χ4v) is 2.68. The van der Waals surface area contributed by atoms with Gasteiger partial charge in [-0.25, -0.2) is 0 Å². The fourth-order valence-electron chi connectivity index (χ4n) is 2.68. The van der Waals surface area contributed by atoms with Crippen molar-refractivity contribution >= 4 is 5.91 Å². The smallest absolute Gasteiger partial charge is 0.251 e. The monoisotopic (exact) mass is 339 g/mol. The average molecular weight is 339 g/mol. The lowest BCUT2D eigenvalue weighted by Crippen LogP contribution is -2.23. The Hall–Kier alpha value is -2.93. The van der Waals surface area contributed by atoms with Crippen LogP contribution in [0.4, 0.5) is 0 Å². The van der Waals surface area contributed by atoms with E-state index < -0.39 is 0 Å². The molecule has 1 aromatic carbocycles. The molecule has 0 unspecified atom stereocenters. The van der Waals surface area contributed by atoms with Crippen LogP contribution in [0.2, 0.25) is 0 Å². The maximum absolute atomic E-state index is 12.5. The van der Waals surface area contributed by atoms with Gasteiger partial charge in [-0.2, -0.15) is 10.2 Å². The van der Waals surface area contributed by atoms with E-state index >= 15 is 0 Å². The van der Waals surface area contributed by atoms with Crippen molar-refractivity contribution in [2.75, 3.05) is 6.61 Å². The van der Waals surface area contributed by atoms with Crippen LogP contribution in [0.25, 0.3) is 11.1 Å². The van der Waals surface area contributed by atoms with Gasteiger partial charge in [-0.1, -0.05) is 12.1 Å². The van der Waals surface area contributed by atoms with Gasteiger partial charge < -0.3 is 10.4 Å². The molecule has 7 nitrogen and oxygen atoms in total. The van der Waals surface area contributed by atoms with Gasteiger partial charge in [0.2, 0.25) is 0 Å². The van der Waals surface area contributed by atoms with E-state index in [1.807, 2.05) is 38.2 Å². The van der Waals surface area contributed by atoms with Crippen molar-refractivity contribution in [2.45, 2.75) is 26.9 Å². The van der Waals surface area contributed by atoms with Crippen LogP contribution in [0.15, 0.2) is 36.7 Å². The lowest BCUT2D eigenvalue weighted by atomic mass is 10.1. The maximum Gasteiger partial charge on any atom is 0.251 e. The van der Waals surface area contributed by atoms with Crippen LogP contribution in [0, 0.1) is 13.8 Å². The molecule has 2 heterocycles. The van der Waals surface area contributed by atoms with Gasteiger partial charge in [-0.05, 0) is 31.5 Å². The second-order valence-electron chi connectivity index (χ2n) is 5.89. The van der Waals surface area contributed by atoms with Crippen LogP contribution in [-0.2, 0) is 13.1 Å². The van der Waals surface area contributed by atoms with Crippen LogP contribution in [0.1, 0.15) is 27.3 Å². The zero-order valence-electron chi connectivity index (χ0n) is 14.3. The van der Waals surface area contributed by atoms with Crippen molar-refractivity contribution < 1.29 is 9.90 Å². The summed E-state index contributed by atoms with van der Waals surface area (Å²) in [6, 6.07) is 7.40. The van der Waals surface area contributed by atoms with Gasteiger partial charge in [-0.3, -0.25) is 14.6 Å². The summed E-state index contributed by atoms with van der Waals surface area (Å²) in [7, 11) is 0. The van der Waals surface area contributed by atoms with Gasteiger partial charge in [0.05, 0.1) is 25.0 Å². The molecule has 0 saturated heterocycles. The highest BCUT2D eigenvalue weighted by molar-refractivity contribution is 5.95. The Morgan fingerprint density at radius 3 is 2.88 bits per heavy atom. The third kappa shape index (κ3) is 3.77. The first kappa shape index (κ1) is 16.9. The Bertz CT molecular complexity index is 862.